The molecule has 0 amide bonds. The quantitative estimate of drug-likeness (QED) is 0.658. The third kappa shape index (κ3) is 3.27. The summed E-state index contributed by atoms with van der Waals surface area (Å²) in [4.78, 5) is 22.9. The van der Waals surface area contributed by atoms with E-state index in [1.165, 1.54) is 0 Å². The second-order valence-electron chi connectivity index (χ2n) is 5.47. The fraction of sp³-hybridized carbons (Fsp3) is 0.375. The largest absolute Gasteiger partial charge is 0.493 e. The van der Waals surface area contributed by atoms with Crippen molar-refractivity contribution in [2.75, 3.05) is 12.3 Å². The van der Waals surface area contributed by atoms with Crippen LogP contribution in [0, 0.1) is 5.92 Å². The lowest BCUT2D eigenvalue weighted by atomic mass is 9.98. The maximum Gasteiger partial charge on any atom is 0.249 e. The molecule has 0 saturated heterocycles. The Labute approximate surface area is 128 Å². The molecule has 0 atom stereocenters. The van der Waals surface area contributed by atoms with Gasteiger partial charge in [0.2, 0.25) is 10.9 Å². The highest BCUT2D eigenvalue weighted by Crippen LogP contribution is 2.33. The molecule has 0 unspecified atom stereocenters. The van der Waals surface area contributed by atoms with Crippen LogP contribution < -0.4 is 21.3 Å². The summed E-state index contributed by atoms with van der Waals surface area (Å²) in [5.41, 5.74) is 5.17. The molecule has 2 aromatic rings. The van der Waals surface area contributed by atoms with Crippen LogP contribution in [0.25, 0.3) is 11.1 Å². The minimum Gasteiger partial charge on any atom is -0.493 e. The van der Waals surface area contributed by atoms with Gasteiger partial charge in [0, 0.05) is 10.6 Å². The van der Waals surface area contributed by atoms with Gasteiger partial charge in [0.05, 0.1) is 17.9 Å². The minimum absolute atomic E-state index is 0.00523. The normalized spacial score (nSPS) is 11.2. The lowest BCUT2D eigenvalue weighted by Crippen LogP contribution is -2.35. The van der Waals surface area contributed by atoms with E-state index in [1.54, 1.807) is 18.2 Å². The third-order valence-corrected chi connectivity index (χ3v) is 3.58. The molecule has 112 valence electrons. The van der Waals surface area contributed by atoms with Crippen LogP contribution in [0.1, 0.15) is 26.7 Å². The second-order valence-corrected chi connectivity index (χ2v) is 5.91. The first-order valence-corrected chi connectivity index (χ1v) is 7.31. The van der Waals surface area contributed by atoms with Crippen LogP contribution in [0.15, 0.2) is 27.8 Å². The van der Waals surface area contributed by atoms with Crippen LogP contribution >= 0.6 is 11.6 Å². The van der Waals surface area contributed by atoms with E-state index in [4.69, 9.17) is 22.1 Å². The molecular weight excluding hydrogens is 290 g/mol. The Morgan fingerprint density at radius 1 is 1.24 bits per heavy atom. The topological polar surface area (TPSA) is 69.4 Å². The summed E-state index contributed by atoms with van der Waals surface area (Å²) in [7, 11) is 0. The van der Waals surface area contributed by atoms with Gasteiger partial charge in [0.15, 0.2) is 0 Å². The minimum atomic E-state index is -0.634. The molecule has 0 heterocycles. The van der Waals surface area contributed by atoms with Gasteiger partial charge in [-0.05, 0) is 37.0 Å². The van der Waals surface area contributed by atoms with Gasteiger partial charge in [0.25, 0.3) is 0 Å². The molecule has 0 bridgehead atoms. The first kappa shape index (κ1) is 15.6. The molecule has 5 heteroatoms. The molecule has 0 aliphatic rings. The summed E-state index contributed by atoms with van der Waals surface area (Å²) < 4.78 is 5.72. The van der Waals surface area contributed by atoms with Gasteiger partial charge in [-0.2, -0.15) is 0 Å². The lowest BCUT2D eigenvalue weighted by Gasteiger charge is -2.14. The molecule has 0 spiro atoms. The van der Waals surface area contributed by atoms with Gasteiger partial charge in [0.1, 0.15) is 5.75 Å². The van der Waals surface area contributed by atoms with Crippen LogP contribution in [0.4, 0.5) is 5.69 Å². The van der Waals surface area contributed by atoms with Crippen molar-refractivity contribution < 1.29 is 4.74 Å². The van der Waals surface area contributed by atoms with Crippen molar-refractivity contribution in [3.05, 3.63) is 43.7 Å². The molecular formula is C16H18ClNO3. The zero-order valence-corrected chi connectivity index (χ0v) is 12.9. The monoisotopic (exact) mass is 307 g/mol. The van der Waals surface area contributed by atoms with E-state index >= 15 is 0 Å². The van der Waals surface area contributed by atoms with E-state index in [0.717, 1.165) is 12.8 Å². The molecule has 0 saturated carbocycles. The van der Waals surface area contributed by atoms with E-state index in [1.807, 2.05) is 0 Å². The van der Waals surface area contributed by atoms with Gasteiger partial charge in [-0.3, -0.25) is 9.59 Å². The van der Waals surface area contributed by atoms with E-state index in [9.17, 15) is 9.59 Å². The summed E-state index contributed by atoms with van der Waals surface area (Å²) in [5.74, 6) is 1.10. The zero-order valence-electron chi connectivity index (χ0n) is 12.1. The lowest BCUT2D eigenvalue weighted by molar-refractivity contribution is 0.299. The average Bonchev–Trinajstić information content (AvgIpc) is 2.45. The summed E-state index contributed by atoms with van der Waals surface area (Å²) in [6, 6.07) is 4.95. The van der Waals surface area contributed by atoms with Gasteiger partial charge >= 0.3 is 0 Å². The molecule has 2 aromatic carbocycles. The molecule has 0 aliphatic carbocycles. The molecule has 4 nitrogen and oxygen atoms in total. The van der Waals surface area contributed by atoms with Crippen LogP contribution in [-0.2, 0) is 0 Å². The number of ether oxygens (including phenoxy) is 1. The molecule has 0 aromatic heterocycles. The van der Waals surface area contributed by atoms with Crippen LogP contribution in [0.5, 0.6) is 5.75 Å². The molecule has 21 heavy (non-hydrogen) atoms. The summed E-state index contributed by atoms with van der Waals surface area (Å²) in [6.45, 7) is 4.82. The van der Waals surface area contributed by atoms with Gasteiger partial charge in [-0.15, -0.1) is 0 Å². The van der Waals surface area contributed by atoms with Crippen LogP contribution in [-0.4, -0.2) is 6.61 Å². The highest BCUT2D eigenvalue weighted by atomic mass is 35.5. The maximum atomic E-state index is 11.7. The maximum absolute atomic E-state index is 11.7. The van der Waals surface area contributed by atoms with Gasteiger partial charge < -0.3 is 10.5 Å². The molecule has 2 rings (SSSR count). The van der Waals surface area contributed by atoms with Crippen molar-refractivity contribution in [3.8, 4) is 16.9 Å². The second kappa shape index (κ2) is 6.31. The van der Waals surface area contributed by atoms with Crippen LogP contribution in [0.2, 0.25) is 5.02 Å². The third-order valence-electron chi connectivity index (χ3n) is 3.34. The van der Waals surface area contributed by atoms with Gasteiger partial charge in [-0.1, -0.05) is 25.4 Å². The van der Waals surface area contributed by atoms with E-state index in [2.05, 4.69) is 13.8 Å². The first-order valence-electron chi connectivity index (χ1n) is 6.93. The summed E-state index contributed by atoms with van der Waals surface area (Å²) in [6.07, 6.45) is 1.96. The number of nitrogens with two attached hydrogens (primary N) is 1. The van der Waals surface area contributed by atoms with E-state index in [-0.39, 0.29) is 11.3 Å². The number of rotatable bonds is 6. The number of halogens is 1. The standard InChI is InChI=1S/C16H18ClNO3/c1-9(2)4-3-7-21-12-8-10(17)5-6-11(12)13-14(18)16(20)15(13)19/h5-6,8-9H,3-4,7,18H2,1-2H3. The Morgan fingerprint density at radius 3 is 2.57 bits per heavy atom. The molecule has 0 aliphatic heterocycles. The predicted octanol–water partition coefficient (Wildman–Crippen LogP) is 3.00. The van der Waals surface area contributed by atoms with Gasteiger partial charge in [-0.25, -0.2) is 0 Å². The van der Waals surface area contributed by atoms with Crippen molar-refractivity contribution in [3.63, 3.8) is 0 Å². The fourth-order valence-electron chi connectivity index (χ4n) is 2.17. The highest BCUT2D eigenvalue weighted by Gasteiger charge is 2.22. The number of hydrogen-bond acceptors (Lipinski definition) is 4. The van der Waals surface area contributed by atoms with Crippen molar-refractivity contribution in [2.45, 2.75) is 26.7 Å². The molecule has 0 radical (unpaired) electrons. The Kier molecular flexibility index (Phi) is 4.68. The SMILES string of the molecule is CC(C)CCCOc1cc(Cl)ccc1-c1c(N)c(=O)c1=O. The number of anilines is 1. The van der Waals surface area contributed by atoms with Crippen molar-refractivity contribution in [2.24, 2.45) is 5.92 Å². The van der Waals surface area contributed by atoms with E-state index in [0.29, 0.717) is 28.9 Å². The van der Waals surface area contributed by atoms with Crippen molar-refractivity contribution in [1.29, 1.82) is 0 Å². The Morgan fingerprint density at radius 2 is 1.95 bits per heavy atom. The van der Waals surface area contributed by atoms with E-state index < -0.39 is 10.9 Å². The highest BCUT2D eigenvalue weighted by molar-refractivity contribution is 6.30. The summed E-state index contributed by atoms with van der Waals surface area (Å²) >= 11 is 5.97. The Hall–Kier alpha value is -1.81. The number of hydrogen-bond donors (Lipinski definition) is 1. The predicted molar refractivity (Wildman–Crippen MR) is 85.8 cm³/mol. The zero-order chi connectivity index (χ0) is 15.6. The fourth-order valence-corrected chi connectivity index (χ4v) is 2.33. The molecule has 0 fully saturated rings. The van der Waals surface area contributed by atoms with Crippen LogP contribution in [0.3, 0.4) is 0 Å². The Balaban J connectivity index is 2.23. The molecule has 2 N–H and O–H groups in total. The number of nitrogen functional groups attached to an aromatic ring is 1. The van der Waals surface area contributed by atoms with Crippen molar-refractivity contribution >= 4 is 17.3 Å². The Bertz CT molecular complexity index is 715. The smallest absolute Gasteiger partial charge is 0.249 e. The summed E-state index contributed by atoms with van der Waals surface area (Å²) in [5, 5.41) is 0.509. The number of benzene rings is 1. The average molecular weight is 308 g/mol. The first-order chi connectivity index (χ1) is 9.91. The van der Waals surface area contributed by atoms with Crippen molar-refractivity contribution in [1.82, 2.24) is 0 Å².